The predicted octanol–water partition coefficient (Wildman–Crippen LogP) is 3.56. The molecule has 1 aliphatic heterocycles. The number of rotatable bonds is 2. The van der Waals surface area contributed by atoms with Gasteiger partial charge in [-0.2, -0.15) is 0 Å². The lowest BCUT2D eigenvalue weighted by molar-refractivity contribution is 0.0924. The van der Waals surface area contributed by atoms with Gasteiger partial charge >= 0.3 is 0 Å². The molecule has 0 aliphatic carbocycles. The number of amides is 2. The Hall–Kier alpha value is -2.63. The summed E-state index contributed by atoms with van der Waals surface area (Å²) < 4.78 is 39.7. The van der Waals surface area contributed by atoms with E-state index in [1.54, 1.807) is 12.1 Å². The van der Waals surface area contributed by atoms with Crippen molar-refractivity contribution in [3.05, 3.63) is 65.0 Å². The van der Waals surface area contributed by atoms with Crippen LogP contribution in [-0.4, -0.2) is 11.8 Å². The summed E-state index contributed by atoms with van der Waals surface area (Å²) in [4.78, 5) is 25.1. The Bertz CT molecular complexity index is 723. The van der Waals surface area contributed by atoms with Crippen LogP contribution in [-0.2, 0) is 0 Å². The second-order valence-electron chi connectivity index (χ2n) is 4.46. The van der Waals surface area contributed by atoms with Crippen LogP contribution in [0.3, 0.4) is 0 Å². The fourth-order valence-corrected chi connectivity index (χ4v) is 2.34. The normalized spacial score (nSPS) is 14.0. The van der Waals surface area contributed by atoms with E-state index < -0.39 is 35.3 Å². The van der Waals surface area contributed by atoms with Crippen molar-refractivity contribution in [3.63, 3.8) is 0 Å². The van der Waals surface area contributed by atoms with E-state index in [0.717, 1.165) is 12.1 Å². The lowest BCUT2D eigenvalue weighted by Gasteiger charge is -2.18. The van der Waals surface area contributed by atoms with Gasteiger partial charge in [0.2, 0.25) is 0 Å². The molecule has 0 saturated heterocycles. The number of imide groups is 1. The molecule has 1 aliphatic rings. The van der Waals surface area contributed by atoms with Crippen LogP contribution in [0.1, 0.15) is 32.7 Å². The fraction of sp³-hybridized carbons (Fsp3) is 0.0667. The Kier molecular flexibility index (Phi) is 3.01. The van der Waals surface area contributed by atoms with Gasteiger partial charge in [0, 0.05) is 0 Å². The topological polar surface area (TPSA) is 37.4 Å². The molecule has 0 saturated carbocycles. The summed E-state index contributed by atoms with van der Waals surface area (Å²) in [5.74, 6) is -2.62. The molecule has 3 nitrogen and oxygen atoms in total. The van der Waals surface area contributed by atoms with Crippen molar-refractivity contribution < 1.29 is 22.8 Å². The molecular formula is C15H8F3NO2. The van der Waals surface area contributed by atoms with E-state index >= 15 is 0 Å². The molecule has 6 heteroatoms. The van der Waals surface area contributed by atoms with Gasteiger partial charge in [-0.1, -0.05) is 18.2 Å². The molecular weight excluding hydrogens is 283 g/mol. The van der Waals surface area contributed by atoms with Gasteiger partial charge in [-0.25, -0.2) is 18.1 Å². The molecule has 2 aromatic carbocycles. The van der Waals surface area contributed by atoms with Crippen molar-refractivity contribution >= 4 is 17.5 Å². The molecule has 2 aromatic rings. The summed E-state index contributed by atoms with van der Waals surface area (Å²) in [6.07, 6.45) is -3.13. The van der Waals surface area contributed by atoms with Gasteiger partial charge in [-0.3, -0.25) is 9.59 Å². The molecule has 0 aromatic heterocycles. The van der Waals surface area contributed by atoms with E-state index in [1.807, 2.05) is 0 Å². The summed E-state index contributed by atoms with van der Waals surface area (Å²) in [5, 5.41) is 0. The highest BCUT2D eigenvalue weighted by Crippen LogP contribution is 2.36. The zero-order valence-electron chi connectivity index (χ0n) is 10.5. The smallest absolute Gasteiger partial charge is 0.268 e. The third-order valence-corrected chi connectivity index (χ3v) is 3.28. The standard InChI is InChI=1S/C15H8F3NO2/c16-10-6-3-7-11(12(10)13(17)18)19-14(20)8-4-1-2-5-9(8)15(19)21/h1-7,13H. The first-order valence-electron chi connectivity index (χ1n) is 6.06. The first kappa shape index (κ1) is 13.4. The van der Waals surface area contributed by atoms with Gasteiger partial charge in [0.15, 0.2) is 0 Å². The molecule has 0 N–H and O–H groups in total. The molecule has 21 heavy (non-hydrogen) atoms. The molecule has 0 unspecified atom stereocenters. The molecule has 0 spiro atoms. The Morgan fingerprint density at radius 3 is 1.95 bits per heavy atom. The first-order valence-corrected chi connectivity index (χ1v) is 6.06. The number of benzene rings is 2. The molecule has 0 radical (unpaired) electrons. The van der Waals surface area contributed by atoms with E-state index in [2.05, 4.69) is 0 Å². The van der Waals surface area contributed by atoms with Crippen molar-refractivity contribution in [2.75, 3.05) is 4.90 Å². The third-order valence-electron chi connectivity index (χ3n) is 3.28. The highest BCUT2D eigenvalue weighted by molar-refractivity contribution is 6.34. The number of fused-ring (bicyclic) bond motifs is 1. The summed E-state index contributed by atoms with van der Waals surface area (Å²) in [6, 6.07) is 9.16. The molecule has 1 heterocycles. The molecule has 0 atom stereocenters. The minimum absolute atomic E-state index is 0.118. The van der Waals surface area contributed by atoms with Crippen LogP contribution in [0.25, 0.3) is 0 Å². The van der Waals surface area contributed by atoms with Crippen LogP contribution < -0.4 is 4.90 Å². The Morgan fingerprint density at radius 1 is 0.857 bits per heavy atom. The maximum absolute atomic E-state index is 13.6. The Balaban J connectivity index is 2.18. The average Bonchev–Trinajstić information content (AvgIpc) is 2.71. The second-order valence-corrected chi connectivity index (χ2v) is 4.46. The average molecular weight is 291 g/mol. The minimum atomic E-state index is -3.13. The van der Waals surface area contributed by atoms with E-state index in [1.165, 1.54) is 18.2 Å². The van der Waals surface area contributed by atoms with Crippen molar-refractivity contribution in [2.24, 2.45) is 0 Å². The van der Waals surface area contributed by atoms with E-state index in [4.69, 9.17) is 0 Å². The number of halogens is 3. The van der Waals surface area contributed by atoms with Gasteiger partial charge < -0.3 is 0 Å². The van der Waals surface area contributed by atoms with E-state index in [9.17, 15) is 22.8 Å². The largest absolute Gasteiger partial charge is 0.268 e. The summed E-state index contributed by atoms with van der Waals surface area (Å²) in [5.41, 5.74) is -1.14. The number of carbonyl (C=O) groups excluding carboxylic acids is 2. The maximum atomic E-state index is 13.6. The van der Waals surface area contributed by atoms with Gasteiger partial charge in [0.25, 0.3) is 18.2 Å². The highest BCUT2D eigenvalue weighted by atomic mass is 19.3. The highest BCUT2D eigenvalue weighted by Gasteiger charge is 2.38. The predicted molar refractivity (Wildman–Crippen MR) is 68.9 cm³/mol. The molecule has 0 bridgehead atoms. The second kappa shape index (κ2) is 4.73. The van der Waals surface area contributed by atoms with Crippen molar-refractivity contribution in [3.8, 4) is 0 Å². The van der Waals surface area contributed by atoms with Gasteiger partial charge in [-0.05, 0) is 24.3 Å². The SMILES string of the molecule is O=C1c2ccccc2C(=O)N1c1cccc(F)c1C(F)F. The van der Waals surface area contributed by atoms with Crippen LogP contribution in [0.4, 0.5) is 18.9 Å². The monoisotopic (exact) mass is 291 g/mol. The quantitative estimate of drug-likeness (QED) is 0.793. The fourth-order valence-electron chi connectivity index (χ4n) is 2.34. The van der Waals surface area contributed by atoms with Crippen LogP contribution in [0.2, 0.25) is 0 Å². The molecule has 0 fully saturated rings. The Morgan fingerprint density at radius 2 is 1.43 bits per heavy atom. The number of hydrogen-bond donors (Lipinski definition) is 0. The summed E-state index contributed by atoms with van der Waals surface area (Å²) in [6.45, 7) is 0. The summed E-state index contributed by atoms with van der Waals surface area (Å²) >= 11 is 0. The number of anilines is 1. The van der Waals surface area contributed by atoms with Crippen LogP contribution in [0.5, 0.6) is 0 Å². The Labute approximate surface area is 117 Å². The lowest BCUT2D eigenvalue weighted by Crippen LogP contribution is -2.30. The zero-order chi connectivity index (χ0) is 15.1. The maximum Gasteiger partial charge on any atom is 0.268 e. The van der Waals surface area contributed by atoms with Gasteiger partial charge in [0.05, 0.1) is 22.4 Å². The summed E-state index contributed by atoms with van der Waals surface area (Å²) in [7, 11) is 0. The zero-order valence-corrected chi connectivity index (χ0v) is 10.5. The molecule has 2 amide bonds. The van der Waals surface area contributed by atoms with Crippen LogP contribution >= 0.6 is 0 Å². The molecule has 3 rings (SSSR count). The lowest BCUT2D eigenvalue weighted by atomic mass is 10.1. The number of alkyl halides is 2. The van der Waals surface area contributed by atoms with Crippen LogP contribution in [0.15, 0.2) is 42.5 Å². The van der Waals surface area contributed by atoms with Crippen molar-refractivity contribution in [1.82, 2.24) is 0 Å². The number of nitrogens with zero attached hydrogens (tertiary/aromatic N) is 1. The van der Waals surface area contributed by atoms with Gasteiger partial charge in [0.1, 0.15) is 5.82 Å². The van der Waals surface area contributed by atoms with Crippen molar-refractivity contribution in [1.29, 1.82) is 0 Å². The van der Waals surface area contributed by atoms with E-state index in [0.29, 0.717) is 4.90 Å². The van der Waals surface area contributed by atoms with Gasteiger partial charge in [-0.15, -0.1) is 0 Å². The number of carbonyl (C=O) groups is 2. The van der Waals surface area contributed by atoms with Crippen LogP contribution in [0, 0.1) is 5.82 Å². The van der Waals surface area contributed by atoms with E-state index in [-0.39, 0.29) is 11.1 Å². The minimum Gasteiger partial charge on any atom is -0.268 e. The number of hydrogen-bond acceptors (Lipinski definition) is 2. The molecule has 106 valence electrons. The van der Waals surface area contributed by atoms with Crippen molar-refractivity contribution in [2.45, 2.75) is 6.43 Å². The first-order chi connectivity index (χ1) is 10.0. The third kappa shape index (κ3) is 1.91.